The maximum atomic E-state index is 9.36. The summed E-state index contributed by atoms with van der Waals surface area (Å²) >= 11 is 0. The second-order valence-corrected chi connectivity index (χ2v) is 3.62. The van der Waals surface area contributed by atoms with E-state index in [1.165, 1.54) is 0 Å². The average Bonchev–Trinajstić information content (AvgIpc) is 2.28. The number of hydrogen-bond donors (Lipinski definition) is 1. The van der Waals surface area contributed by atoms with Gasteiger partial charge in [0.25, 0.3) is 0 Å². The molecule has 0 saturated carbocycles. The monoisotopic (exact) mass is 262 g/mol. The van der Waals surface area contributed by atoms with Crippen LogP contribution in [0, 0.1) is 5.41 Å². The summed E-state index contributed by atoms with van der Waals surface area (Å²) in [6, 6.07) is 0. The molecule has 0 aliphatic rings. The van der Waals surface area contributed by atoms with Gasteiger partial charge in [0.2, 0.25) is 0 Å². The second-order valence-electron chi connectivity index (χ2n) is 3.62. The summed E-state index contributed by atoms with van der Waals surface area (Å²) < 4.78 is 10.8. The predicted molar refractivity (Wildman–Crippen MR) is 61.8 cm³/mol. The zero-order valence-corrected chi connectivity index (χ0v) is 11.6. The molecule has 0 aliphatic carbocycles. The molecule has 0 bridgehead atoms. The van der Waals surface area contributed by atoms with E-state index >= 15 is 0 Å². The molecule has 16 heavy (non-hydrogen) atoms. The number of ether oxygens (including phenoxy) is 2. The molecule has 3 nitrogen and oxygen atoms in total. The summed E-state index contributed by atoms with van der Waals surface area (Å²) in [5, 5.41) is 9.36. The van der Waals surface area contributed by atoms with Crippen LogP contribution in [0.15, 0.2) is 25.3 Å². The third kappa shape index (κ3) is 7.36. The van der Waals surface area contributed by atoms with Crippen molar-refractivity contribution in [1.29, 1.82) is 0 Å². The molecule has 0 fully saturated rings. The summed E-state index contributed by atoms with van der Waals surface area (Å²) in [7, 11) is 0. The smallest absolute Gasteiger partial charge is 0.396 e. The first-order valence-electron chi connectivity index (χ1n) is 5.23. The first kappa shape index (κ1) is 18.4. The number of rotatable bonds is 10. The van der Waals surface area contributed by atoms with Crippen LogP contribution in [0.25, 0.3) is 0 Å². The van der Waals surface area contributed by atoms with E-state index in [0.717, 1.165) is 6.42 Å². The van der Waals surface area contributed by atoms with Gasteiger partial charge in [-0.05, 0) is 6.42 Å². The molecular formula is C12H22O3Ti+3. The number of aliphatic hydroxyl groups is 1. The fraction of sp³-hybridized carbons (Fsp3) is 0.667. The Kier molecular flexibility index (Phi) is 13.3. The van der Waals surface area contributed by atoms with Crippen LogP contribution in [0.3, 0.4) is 0 Å². The molecule has 0 heterocycles. The SMILES string of the molecule is C=CCOCC(CC)(CO)COCC=C.[Ti+3]. The molecule has 4 heteroatoms. The van der Waals surface area contributed by atoms with Gasteiger partial charge < -0.3 is 14.6 Å². The van der Waals surface area contributed by atoms with Crippen LogP contribution >= 0.6 is 0 Å². The van der Waals surface area contributed by atoms with Gasteiger partial charge in [0.1, 0.15) is 0 Å². The van der Waals surface area contributed by atoms with Crippen LogP contribution < -0.4 is 0 Å². The molecule has 0 rings (SSSR count). The van der Waals surface area contributed by atoms with Crippen LogP contribution in [0.2, 0.25) is 0 Å². The first-order valence-corrected chi connectivity index (χ1v) is 5.23. The van der Waals surface area contributed by atoms with E-state index in [1.54, 1.807) is 12.2 Å². The van der Waals surface area contributed by atoms with Crippen molar-refractivity contribution in [3.05, 3.63) is 25.3 Å². The minimum Gasteiger partial charge on any atom is -0.396 e. The standard InChI is InChI=1S/C12H22O3.Ti/c1-4-7-14-10-12(6-3,9-13)11-15-8-5-2;/h4-5,13H,1-2,6-11H2,3H3;/q;+3. The number of aliphatic hydroxyl groups excluding tert-OH is 1. The van der Waals surface area contributed by atoms with Gasteiger partial charge in [-0.1, -0.05) is 19.1 Å². The molecule has 0 atom stereocenters. The van der Waals surface area contributed by atoms with Gasteiger partial charge in [-0.25, -0.2) is 0 Å². The fourth-order valence-electron chi connectivity index (χ4n) is 1.17. The molecule has 0 unspecified atom stereocenters. The van der Waals surface area contributed by atoms with Crippen LogP contribution in [0.5, 0.6) is 0 Å². The van der Waals surface area contributed by atoms with Crippen molar-refractivity contribution in [2.45, 2.75) is 13.3 Å². The molecule has 0 aliphatic heterocycles. The van der Waals surface area contributed by atoms with E-state index in [1.807, 2.05) is 6.92 Å². The second kappa shape index (κ2) is 11.6. The van der Waals surface area contributed by atoms with Gasteiger partial charge in [0, 0.05) is 5.41 Å². The maximum absolute atomic E-state index is 9.36. The van der Waals surface area contributed by atoms with E-state index in [0.29, 0.717) is 26.4 Å². The fourth-order valence-corrected chi connectivity index (χ4v) is 1.17. The third-order valence-corrected chi connectivity index (χ3v) is 2.37. The molecule has 0 aromatic heterocycles. The summed E-state index contributed by atoms with van der Waals surface area (Å²) in [4.78, 5) is 0. The van der Waals surface area contributed by atoms with Crippen molar-refractivity contribution in [3.8, 4) is 0 Å². The van der Waals surface area contributed by atoms with Crippen molar-refractivity contribution in [2.24, 2.45) is 5.41 Å². The van der Waals surface area contributed by atoms with Crippen molar-refractivity contribution in [1.82, 2.24) is 0 Å². The first-order chi connectivity index (χ1) is 7.24. The van der Waals surface area contributed by atoms with E-state index < -0.39 is 0 Å². The summed E-state index contributed by atoms with van der Waals surface area (Å²) in [6.45, 7) is 11.2. The predicted octanol–water partition coefficient (Wildman–Crippen LogP) is 1.78. The molecule has 1 radical (unpaired) electrons. The van der Waals surface area contributed by atoms with Crippen LogP contribution in [-0.4, -0.2) is 38.1 Å². The van der Waals surface area contributed by atoms with E-state index in [9.17, 15) is 5.11 Å². The molecular weight excluding hydrogens is 240 g/mol. The minimum atomic E-state index is -0.300. The van der Waals surface area contributed by atoms with Gasteiger partial charge in [0.05, 0.1) is 33.0 Å². The normalized spacial score (nSPS) is 10.6. The summed E-state index contributed by atoms with van der Waals surface area (Å²) in [6.07, 6.45) is 4.21. The topological polar surface area (TPSA) is 38.7 Å². The molecule has 0 aromatic carbocycles. The Morgan fingerprint density at radius 1 is 1.12 bits per heavy atom. The van der Waals surface area contributed by atoms with Gasteiger partial charge in [-0.15, -0.1) is 13.2 Å². The van der Waals surface area contributed by atoms with Gasteiger partial charge >= 0.3 is 21.7 Å². The molecule has 1 N–H and O–H groups in total. The Morgan fingerprint density at radius 3 is 1.81 bits per heavy atom. The Bertz CT molecular complexity index is 163. The molecule has 0 saturated heterocycles. The maximum Gasteiger partial charge on any atom is 3.00 e. The molecule has 0 amide bonds. The third-order valence-electron chi connectivity index (χ3n) is 2.37. The van der Waals surface area contributed by atoms with Crippen molar-refractivity contribution < 1.29 is 36.3 Å². The summed E-state index contributed by atoms with van der Waals surface area (Å²) in [5.41, 5.74) is -0.300. The van der Waals surface area contributed by atoms with E-state index in [2.05, 4.69) is 13.2 Å². The van der Waals surface area contributed by atoms with Crippen LogP contribution in [0.4, 0.5) is 0 Å². The summed E-state index contributed by atoms with van der Waals surface area (Å²) in [5.74, 6) is 0. The largest absolute Gasteiger partial charge is 3.00 e. The quantitative estimate of drug-likeness (QED) is 0.370. The van der Waals surface area contributed by atoms with Crippen molar-refractivity contribution in [2.75, 3.05) is 33.0 Å². The van der Waals surface area contributed by atoms with Crippen molar-refractivity contribution >= 4 is 0 Å². The minimum absolute atomic E-state index is 0. The van der Waals surface area contributed by atoms with E-state index in [-0.39, 0.29) is 33.7 Å². The van der Waals surface area contributed by atoms with Gasteiger partial charge in [-0.2, -0.15) is 0 Å². The average molecular weight is 262 g/mol. The molecule has 89 valence electrons. The van der Waals surface area contributed by atoms with Crippen LogP contribution in [0.1, 0.15) is 13.3 Å². The zero-order chi connectivity index (χ0) is 11.6. The molecule has 0 aromatic rings. The Labute approximate surface area is 113 Å². The van der Waals surface area contributed by atoms with E-state index in [4.69, 9.17) is 9.47 Å². The zero-order valence-electron chi connectivity index (χ0n) is 10.1. The van der Waals surface area contributed by atoms with Crippen LogP contribution in [-0.2, 0) is 31.2 Å². The Balaban J connectivity index is 0. The molecule has 0 spiro atoms. The van der Waals surface area contributed by atoms with Gasteiger partial charge in [-0.3, -0.25) is 0 Å². The Hall–Kier alpha value is 0.0743. The van der Waals surface area contributed by atoms with Crippen molar-refractivity contribution in [3.63, 3.8) is 0 Å². The van der Waals surface area contributed by atoms with Gasteiger partial charge in [0.15, 0.2) is 0 Å². The number of hydrogen-bond acceptors (Lipinski definition) is 3. The Morgan fingerprint density at radius 2 is 1.56 bits per heavy atom.